The lowest BCUT2D eigenvalue weighted by molar-refractivity contribution is 1.50. The van der Waals surface area contributed by atoms with Crippen LogP contribution in [0, 0.1) is 0 Å². The molecule has 10 heavy (non-hydrogen) atoms. The molecule has 0 unspecified atom stereocenters. The van der Waals surface area contributed by atoms with E-state index < -0.39 is 0 Å². The zero-order valence-corrected chi connectivity index (χ0v) is 8.88. The van der Waals surface area contributed by atoms with E-state index in [0.29, 0.717) is 0 Å². The minimum Gasteiger partial charge on any atom is -0.0783 e. The Labute approximate surface area is 77.2 Å². The van der Waals surface area contributed by atoms with Crippen molar-refractivity contribution in [3.05, 3.63) is 0 Å². The van der Waals surface area contributed by atoms with Gasteiger partial charge in [0.05, 0.1) is 0 Å². The summed E-state index contributed by atoms with van der Waals surface area (Å²) in [5, 5.41) is 2.02. The van der Waals surface area contributed by atoms with Gasteiger partial charge in [0, 0.05) is 10.5 Å². The molecule has 0 bridgehead atoms. The molecule has 0 aromatic heterocycles. The van der Waals surface area contributed by atoms with E-state index in [-0.39, 0.29) is 0 Å². The van der Waals surface area contributed by atoms with Crippen molar-refractivity contribution in [3.63, 3.8) is 0 Å². The summed E-state index contributed by atoms with van der Waals surface area (Å²) in [6.07, 6.45) is 5.86. The van der Waals surface area contributed by atoms with E-state index >= 15 is 0 Å². The van der Waals surface area contributed by atoms with E-state index in [2.05, 4.69) is 21.6 Å². The Morgan fingerprint density at radius 1 is 0.700 bits per heavy atom. The summed E-state index contributed by atoms with van der Waals surface area (Å²) in [5.74, 6) is 0. The standard InChI is InChI=1S/C6H10S4/c1-2-5(1)7-9-10-8-6-3-4-6/h5-6H,1-4H2. The van der Waals surface area contributed by atoms with Gasteiger partial charge in [-0.1, -0.05) is 21.6 Å². The average Bonchev–Trinajstić information content (AvgIpc) is 2.77. The van der Waals surface area contributed by atoms with Gasteiger partial charge >= 0.3 is 0 Å². The molecule has 0 atom stereocenters. The Morgan fingerprint density at radius 2 is 1.10 bits per heavy atom. The highest BCUT2D eigenvalue weighted by Crippen LogP contribution is 2.54. The summed E-state index contributed by atoms with van der Waals surface area (Å²) in [7, 11) is 8.12. The van der Waals surface area contributed by atoms with Gasteiger partial charge in [0.25, 0.3) is 0 Å². The zero-order chi connectivity index (χ0) is 6.81. The zero-order valence-electron chi connectivity index (χ0n) is 5.62. The highest BCUT2D eigenvalue weighted by atomic mass is 33.7. The van der Waals surface area contributed by atoms with E-state index in [4.69, 9.17) is 0 Å². The Hall–Kier alpha value is 1.40. The van der Waals surface area contributed by atoms with Crippen LogP contribution in [0.25, 0.3) is 0 Å². The molecule has 0 radical (unpaired) electrons. The van der Waals surface area contributed by atoms with Gasteiger partial charge in [0.1, 0.15) is 0 Å². The molecule has 2 fully saturated rings. The Morgan fingerprint density at radius 3 is 1.40 bits per heavy atom. The maximum Gasteiger partial charge on any atom is 0.0160 e. The number of hydrogen-bond acceptors (Lipinski definition) is 4. The van der Waals surface area contributed by atoms with Crippen LogP contribution in [0.4, 0.5) is 0 Å². The lowest BCUT2D eigenvalue weighted by Gasteiger charge is -1.94. The third-order valence-electron chi connectivity index (χ3n) is 1.43. The lowest BCUT2D eigenvalue weighted by atomic mass is 11.0. The maximum absolute atomic E-state index is 2.07. The molecule has 0 saturated heterocycles. The van der Waals surface area contributed by atoms with Gasteiger partial charge in [-0.25, -0.2) is 0 Å². The van der Waals surface area contributed by atoms with Gasteiger partial charge < -0.3 is 0 Å². The molecule has 2 aliphatic rings. The van der Waals surface area contributed by atoms with Crippen molar-refractivity contribution in [3.8, 4) is 0 Å². The quantitative estimate of drug-likeness (QED) is 0.497. The van der Waals surface area contributed by atoms with E-state index in [1.807, 2.05) is 19.7 Å². The van der Waals surface area contributed by atoms with Gasteiger partial charge in [-0.15, -0.1) is 0 Å². The summed E-state index contributed by atoms with van der Waals surface area (Å²) >= 11 is 0. The minimum absolute atomic E-state index is 1.01. The maximum atomic E-state index is 2.07. The molecular formula is C6H10S4. The van der Waals surface area contributed by atoms with Crippen molar-refractivity contribution in [2.75, 3.05) is 0 Å². The van der Waals surface area contributed by atoms with E-state index in [1.54, 1.807) is 0 Å². The van der Waals surface area contributed by atoms with Crippen LogP contribution < -0.4 is 0 Å². The predicted octanol–water partition coefficient (Wildman–Crippen LogP) is 3.99. The smallest absolute Gasteiger partial charge is 0.0160 e. The molecule has 0 spiro atoms. The highest BCUT2D eigenvalue weighted by Gasteiger charge is 2.25. The molecule has 0 aliphatic heterocycles. The molecule has 0 heterocycles. The third kappa shape index (κ3) is 3.20. The summed E-state index contributed by atoms with van der Waals surface area (Å²) in [6.45, 7) is 0. The fourth-order valence-corrected chi connectivity index (χ4v) is 7.74. The monoisotopic (exact) mass is 210 g/mol. The van der Waals surface area contributed by atoms with Crippen molar-refractivity contribution in [2.45, 2.75) is 36.2 Å². The fraction of sp³-hybridized carbons (Fsp3) is 1.00. The minimum atomic E-state index is 1.01. The molecule has 2 rings (SSSR count). The van der Waals surface area contributed by atoms with Crippen LogP contribution in [0.2, 0.25) is 0 Å². The first kappa shape index (κ1) is 8.02. The Bertz CT molecular complexity index is 94.3. The molecule has 0 N–H and O–H groups in total. The first-order chi connectivity index (χ1) is 4.95. The molecule has 2 saturated carbocycles. The molecule has 0 nitrogen and oxygen atoms in total. The van der Waals surface area contributed by atoms with Crippen LogP contribution >= 0.6 is 41.2 Å². The molecular weight excluding hydrogens is 200 g/mol. The van der Waals surface area contributed by atoms with Crippen molar-refractivity contribution < 1.29 is 0 Å². The van der Waals surface area contributed by atoms with Gasteiger partial charge in [0.2, 0.25) is 0 Å². The summed E-state index contributed by atoms with van der Waals surface area (Å²) in [5.41, 5.74) is 0. The van der Waals surface area contributed by atoms with Crippen LogP contribution in [0.15, 0.2) is 0 Å². The predicted molar refractivity (Wildman–Crippen MR) is 56.4 cm³/mol. The van der Waals surface area contributed by atoms with Crippen LogP contribution in [0.3, 0.4) is 0 Å². The van der Waals surface area contributed by atoms with E-state index in [9.17, 15) is 0 Å². The lowest BCUT2D eigenvalue weighted by Crippen LogP contribution is -1.61. The molecule has 0 amide bonds. The highest BCUT2D eigenvalue weighted by molar-refractivity contribution is 9.26. The molecule has 4 heteroatoms. The second-order valence-electron chi connectivity index (χ2n) is 2.73. The van der Waals surface area contributed by atoms with Gasteiger partial charge in [-0.2, -0.15) is 0 Å². The van der Waals surface area contributed by atoms with E-state index in [1.165, 1.54) is 25.7 Å². The molecule has 0 aromatic carbocycles. The van der Waals surface area contributed by atoms with Crippen LogP contribution in [-0.2, 0) is 0 Å². The van der Waals surface area contributed by atoms with Crippen molar-refractivity contribution >= 4 is 41.2 Å². The number of hydrogen-bond donors (Lipinski definition) is 0. The van der Waals surface area contributed by atoms with Gasteiger partial charge in [-0.3, -0.25) is 0 Å². The summed E-state index contributed by atoms with van der Waals surface area (Å²) in [6, 6.07) is 0. The van der Waals surface area contributed by atoms with Gasteiger partial charge in [0.15, 0.2) is 0 Å². The van der Waals surface area contributed by atoms with E-state index in [0.717, 1.165) is 10.5 Å². The first-order valence-electron chi connectivity index (χ1n) is 3.60. The third-order valence-corrected chi connectivity index (χ3v) is 8.81. The summed E-state index contributed by atoms with van der Waals surface area (Å²) < 4.78 is 0. The Kier molecular flexibility index (Phi) is 3.11. The topological polar surface area (TPSA) is 0 Å². The van der Waals surface area contributed by atoms with Crippen molar-refractivity contribution in [2.24, 2.45) is 0 Å². The molecule has 58 valence electrons. The average molecular weight is 210 g/mol. The second kappa shape index (κ2) is 3.87. The first-order valence-corrected chi connectivity index (χ1v) is 8.55. The second-order valence-corrected chi connectivity index (χ2v) is 9.14. The fourth-order valence-electron chi connectivity index (χ4n) is 0.472. The van der Waals surface area contributed by atoms with Crippen LogP contribution in [0.5, 0.6) is 0 Å². The van der Waals surface area contributed by atoms with Crippen LogP contribution in [-0.4, -0.2) is 10.5 Å². The van der Waals surface area contributed by atoms with Crippen molar-refractivity contribution in [1.82, 2.24) is 0 Å². The normalized spacial score (nSPS) is 25.2. The SMILES string of the molecule is C1CC1SSSSC1CC1. The van der Waals surface area contributed by atoms with Gasteiger partial charge in [-0.05, 0) is 45.3 Å². The largest absolute Gasteiger partial charge is 0.0783 e. The van der Waals surface area contributed by atoms with Crippen LogP contribution in [0.1, 0.15) is 25.7 Å². The molecule has 2 aliphatic carbocycles. The summed E-state index contributed by atoms with van der Waals surface area (Å²) in [4.78, 5) is 0. The van der Waals surface area contributed by atoms with Crippen molar-refractivity contribution in [1.29, 1.82) is 0 Å². The number of rotatable bonds is 5. The Balaban J connectivity index is 1.40. The molecule has 0 aromatic rings.